The number of piperidine rings is 2. The number of nitriles is 1. The van der Waals surface area contributed by atoms with Crippen molar-refractivity contribution in [2.24, 2.45) is 16.7 Å². The third-order valence-corrected chi connectivity index (χ3v) is 13.6. The number of anilines is 2. The Hall–Kier alpha value is -6.07. The van der Waals surface area contributed by atoms with E-state index in [2.05, 4.69) is 69.9 Å². The van der Waals surface area contributed by atoms with Gasteiger partial charge in [-0.25, -0.2) is 14.8 Å². The number of rotatable bonds is 9. The predicted molar refractivity (Wildman–Crippen MR) is 229 cm³/mol. The summed E-state index contributed by atoms with van der Waals surface area (Å²) < 4.78 is 8.92. The van der Waals surface area contributed by atoms with E-state index < -0.39 is 0 Å². The Kier molecular flexibility index (Phi) is 10.2. The summed E-state index contributed by atoms with van der Waals surface area (Å²) in [5.74, 6) is 1.82. The smallest absolute Gasteiger partial charge is 0.328 e. The van der Waals surface area contributed by atoms with Crippen molar-refractivity contribution in [3.05, 3.63) is 84.4 Å². The molecule has 0 radical (unpaired) electrons. The highest BCUT2D eigenvalue weighted by Crippen LogP contribution is 2.56. The summed E-state index contributed by atoms with van der Waals surface area (Å²) in [6.07, 6.45) is 11.6. The summed E-state index contributed by atoms with van der Waals surface area (Å²) in [6.45, 7) is 13.9. The number of hydrogen-bond donors (Lipinski definition) is 2. The lowest BCUT2D eigenvalue weighted by Gasteiger charge is -2.63. The predicted octanol–water partition coefficient (Wildman–Crippen LogP) is 6.46. The fourth-order valence-electron chi connectivity index (χ4n) is 10.6. The van der Waals surface area contributed by atoms with Gasteiger partial charge in [0.1, 0.15) is 29.4 Å². The lowest BCUT2D eigenvalue weighted by Crippen LogP contribution is -2.74. The van der Waals surface area contributed by atoms with Gasteiger partial charge in [-0.3, -0.25) is 24.8 Å². The number of nitrogens with one attached hydrogen (secondary N) is 2. The van der Waals surface area contributed by atoms with Crippen LogP contribution in [0.25, 0.3) is 21.9 Å². The van der Waals surface area contributed by atoms with Crippen LogP contribution in [0.2, 0.25) is 0 Å². The molecule has 0 spiro atoms. The molecular weight excluding hydrogens is 757 g/mol. The van der Waals surface area contributed by atoms with E-state index >= 15 is 0 Å². The third kappa shape index (κ3) is 7.08. The number of imide groups is 1. The van der Waals surface area contributed by atoms with Crippen molar-refractivity contribution in [1.29, 1.82) is 5.26 Å². The Morgan fingerprint density at radius 3 is 2.40 bits per heavy atom. The number of ether oxygens (including phenoxy) is 1. The van der Waals surface area contributed by atoms with E-state index in [-0.39, 0.29) is 47.2 Å². The molecule has 14 heteroatoms. The average molecular weight is 809 g/mol. The van der Waals surface area contributed by atoms with E-state index in [1.165, 1.54) is 0 Å². The molecule has 1 aromatic carbocycles. The van der Waals surface area contributed by atoms with E-state index in [0.717, 1.165) is 86.3 Å². The van der Waals surface area contributed by atoms with E-state index in [0.29, 0.717) is 40.9 Å². The van der Waals surface area contributed by atoms with Crippen LogP contribution in [0.4, 0.5) is 16.3 Å². The van der Waals surface area contributed by atoms with Crippen molar-refractivity contribution in [2.75, 3.05) is 49.1 Å². The molecule has 9 rings (SSSR count). The fourth-order valence-corrected chi connectivity index (χ4v) is 10.6. The van der Waals surface area contributed by atoms with E-state index in [1.54, 1.807) is 29.6 Å². The molecule has 4 amide bonds. The summed E-state index contributed by atoms with van der Waals surface area (Å²) in [4.78, 5) is 58.3. The molecule has 1 saturated carbocycles. The second kappa shape index (κ2) is 15.5. The van der Waals surface area contributed by atoms with Gasteiger partial charge in [0, 0.05) is 104 Å². The number of carbonyl (C=O) groups is 3. The van der Waals surface area contributed by atoms with Crippen molar-refractivity contribution in [2.45, 2.75) is 78.0 Å². The number of hydrogen-bond acceptors (Lipinski definition) is 10. The average Bonchev–Trinajstić information content (AvgIpc) is 3.70. The minimum absolute atomic E-state index is 0.140. The molecule has 5 aromatic rings. The Morgan fingerprint density at radius 1 is 0.900 bits per heavy atom. The molecular formula is C46H52N10O4. The molecule has 7 heterocycles. The van der Waals surface area contributed by atoms with Crippen LogP contribution in [0.5, 0.6) is 5.75 Å². The van der Waals surface area contributed by atoms with Crippen LogP contribution in [0.3, 0.4) is 0 Å². The molecule has 0 atom stereocenters. The van der Waals surface area contributed by atoms with Crippen molar-refractivity contribution in [3.63, 3.8) is 0 Å². The highest BCUT2D eigenvalue weighted by atomic mass is 16.5. The van der Waals surface area contributed by atoms with Gasteiger partial charge in [0.15, 0.2) is 0 Å². The molecule has 4 aromatic heterocycles. The number of urea groups is 1. The first-order chi connectivity index (χ1) is 28.9. The van der Waals surface area contributed by atoms with Crippen LogP contribution >= 0.6 is 0 Å². The van der Waals surface area contributed by atoms with Gasteiger partial charge in [-0.05, 0) is 80.1 Å². The number of aromatic nitrogens is 4. The summed E-state index contributed by atoms with van der Waals surface area (Å²) in [7, 11) is 0. The summed E-state index contributed by atoms with van der Waals surface area (Å²) in [6, 6.07) is 17.2. The second-order valence-corrected chi connectivity index (χ2v) is 18.1. The van der Waals surface area contributed by atoms with Crippen molar-refractivity contribution >= 4 is 51.3 Å². The van der Waals surface area contributed by atoms with Crippen molar-refractivity contribution in [3.8, 4) is 11.8 Å². The first-order valence-electron chi connectivity index (χ1n) is 21.2. The topological polar surface area (TPSA) is 162 Å². The van der Waals surface area contributed by atoms with E-state index in [4.69, 9.17) is 14.7 Å². The lowest BCUT2D eigenvalue weighted by molar-refractivity contribution is -0.163. The zero-order valence-corrected chi connectivity index (χ0v) is 34.7. The van der Waals surface area contributed by atoms with E-state index in [9.17, 15) is 19.6 Å². The number of likely N-dealkylation sites (tertiary alicyclic amines) is 1. The molecule has 3 saturated heterocycles. The van der Waals surface area contributed by atoms with Gasteiger partial charge in [-0.1, -0.05) is 27.7 Å². The molecule has 2 N–H and O–H groups in total. The summed E-state index contributed by atoms with van der Waals surface area (Å²) >= 11 is 0. The number of amides is 4. The minimum atomic E-state index is -0.380. The summed E-state index contributed by atoms with van der Waals surface area (Å²) in [5.41, 5.74) is 2.60. The molecule has 0 bridgehead atoms. The maximum atomic E-state index is 13.6. The van der Waals surface area contributed by atoms with Gasteiger partial charge in [0.25, 0.3) is 5.91 Å². The third-order valence-electron chi connectivity index (χ3n) is 13.6. The second-order valence-electron chi connectivity index (χ2n) is 18.1. The highest BCUT2D eigenvalue weighted by Gasteiger charge is 2.64. The van der Waals surface area contributed by atoms with Gasteiger partial charge in [-0.2, -0.15) is 5.26 Å². The molecule has 14 nitrogen and oxygen atoms in total. The van der Waals surface area contributed by atoms with Crippen LogP contribution in [-0.2, 0) is 4.79 Å². The molecule has 1 aliphatic carbocycles. The van der Waals surface area contributed by atoms with Crippen LogP contribution in [0.15, 0.2) is 73.3 Å². The lowest BCUT2D eigenvalue weighted by atomic mass is 9.49. The van der Waals surface area contributed by atoms with Crippen molar-refractivity contribution in [1.82, 2.24) is 35.1 Å². The number of fused-ring (bicyclic) bond motifs is 2. The van der Waals surface area contributed by atoms with Gasteiger partial charge >= 0.3 is 6.03 Å². The van der Waals surface area contributed by atoms with E-state index in [1.807, 2.05) is 42.5 Å². The highest BCUT2D eigenvalue weighted by molar-refractivity contribution is 6.09. The Balaban J connectivity index is 0.751. The molecule has 0 unspecified atom stereocenters. The molecule has 3 aliphatic heterocycles. The first-order valence-corrected chi connectivity index (χ1v) is 21.2. The largest absolute Gasteiger partial charge is 0.488 e. The molecule has 60 heavy (non-hydrogen) atoms. The van der Waals surface area contributed by atoms with Gasteiger partial charge in [0.2, 0.25) is 5.91 Å². The summed E-state index contributed by atoms with van der Waals surface area (Å²) in [5, 5.41) is 17.0. The number of benzene rings is 1. The number of carbonyl (C=O) groups excluding carboxylic acids is 3. The standard InChI is InChI=1S/C46H52N10O4/c1-45(2)42(46(3,4)43(45)60-36-9-7-30(26-47)39-34(36)6-5-18-48-39)52-41(58)31-8-10-37(50-27-31)54-22-12-29(13-23-54)28-53-20-14-32(15-21-53)55-24-16-33-35(11-19-49-40(33)55)56-25-17-38(57)51-44(56)59/h5-11,16,18-19,24,27,29,32,42-43H,12-15,17,20-23,25,28H2,1-4H3,(H,52,58)(H,51,57,59)/t42-,43-. The van der Waals surface area contributed by atoms with Crippen LogP contribution in [-0.4, -0.2) is 93.7 Å². The van der Waals surface area contributed by atoms with Crippen LogP contribution < -0.4 is 25.2 Å². The van der Waals surface area contributed by atoms with Gasteiger partial charge < -0.3 is 24.4 Å². The van der Waals surface area contributed by atoms with Gasteiger partial charge in [0.05, 0.1) is 22.3 Å². The van der Waals surface area contributed by atoms with Crippen LogP contribution in [0.1, 0.15) is 81.8 Å². The Morgan fingerprint density at radius 2 is 1.68 bits per heavy atom. The first kappa shape index (κ1) is 39.4. The van der Waals surface area contributed by atoms with Gasteiger partial charge in [-0.15, -0.1) is 0 Å². The minimum Gasteiger partial charge on any atom is -0.488 e. The van der Waals surface area contributed by atoms with Crippen molar-refractivity contribution < 1.29 is 19.1 Å². The monoisotopic (exact) mass is 808 g/mol. The maximum Gasteiger partial charge on any atom is 0.328 e. The molecule has 4 fully saturated rings. The molecule has 310 valence electrons. The molecule has 4 aliphatic rings. The zero-order chi connectivity index (χ0) is 41.8. The number of nitrogens with zero attached hydrogens (tertiary/aromatic N) is 8. The normalized spacial score (nSPS) is 22.3. The Bertz CT molecular complexity index is 2480. The number of pyridine rings is 3. The Labute approximate surface area is 349 Å². The zero-order valence-electron chi connectivity index (χ0n) is 34.7. The fraction of sp³-hybridized carbons (Fsp3) is 0.457. The SMILES string of the molecule is CC1(C)[C@H](NC(=O)c2ccc(N3CCC(CN4CCC(n5ccc6c(N7CCC(=O)NC7=O)ccnc65)CC4)CC3)nc2)C(C)(C)[C@H]1Oc1ccc(C#N)c2ncccc12. The quantitative estimate of drug-likeness (QED) is 0.169. The van der Waals surface area contributed by atoms with Crippen LogP contribution in [0, 0.1) is 28.1 Å². The maximum absolute atomic E-state index is 13.6.